The summed E-state index contributed by atoms with van der Waals surface area (Å²) in [5.41, 5.74) is 0.179. The SMILES string of the molecule is Fc1cc(F)cc(-c2noc(Cl)n2)c1. The van der Waals surface area contributed by atoms with Gasteiger partial charge in [-0.2, -0.15) is 4.98 Å². The van der Waals surface area contributed by atoms with Crippen LogP contribution in [0.25, 0.3) is 11.4 Å². The van der Waals surface area contributed by atoms with Crippen LogP contribution in [0.15, 0.2) is 22.7 Å². The fourth-order valence-corrected chi connectivity index (χ4v) is 1.12. The highest BCUT2D eigenvalue weighted by atomic mass is 35.5. The van der Waals surface area contributed by atoms with Crippen LogP contribution in [0.4, 0.5) is 8.78 Å². The molecular formula is C8H3ClF2N2O. The minimum atomic E-state index is -0.707. The number of aromatic nitrogens is 2. The Kier molecular flexibility index (Phi) is 2.17. The van der Waals surface area contributed by atoms with Crippen molar-refractivity contribution >= 4 is 11.6 Å². The quantitative estimate of drug-likeness (QED) is 0.736. The standard InChI is InChI=1S/C8H3ClF2N2O/c9-8-12-7(13-14-8)4-1-5(10)3-6(11)2-4/h1-3H. The smallest absolute Gasteiger partial charge is 0.320 e. The Labute approximate surface area is 82.3 Å². The van der Waals surface area contributed by atoms with Crippen LogP contribution in [0.5, 0.6) is 0 Å². The second kappa shape index (κ2) is 3.34. The average molecular weight is 217 g/mol. The molecule has 72 valence electrons. The van der Waals surface area contributed by atoms with Crippen molar-refractivity contribution in [2.45, 2.75) is 0 Å². The first kappa shape index (κ1) is 9.08. The number of hydrogen-bond acceptors (Lipinski definition) is 3. The summed E-state index contributed by atoms with van der Waals surface area (Å²) in [4.78, 5) is 3.62. The predicted molar refractivity (Wildman–Crippen MR) is 44.7 cm³/mol. The normalized spacial score (nSPS) is 10.5. The number of halogens is 3. The zero-order valence-electron chi connectivity index (χ0n) is 6.67. The van der Waals surface area contributed by atoms with Crippen LogP contribution in [0.1, 0.15) is 0 Å². The maximum atomic E-state index is 12.8. The highest BCUT2D eigenvalue weighted by molar-refractivity contribution is 6.27. The molecule has 2 rings (SSSR count). The lowest BCUT2D eigenvalue weighted by atomic mass is 10.2. The second-order valence-electron chi connectivity index (χ2n) is 2.53. The van der Waals surface area contributed by atoms with Gasteiger partial charge in [-0.3, -0.25) is 0 Å². The van der Waals surface area contributed by atoms with Gasteiger partial charge in [-0.1, -0.05) is 5.16 Å². The van der Waals surface area contributed by atoms with Crippen LogP contribution in [0, 0.1) is 11.6 Å². The summed E-state index contributed by atoms with van der Waals surface area (Å²) in [7, 11) is 0. The molecule has 1 aromatic heterocycles. The molecule has 2 aromatic rings. The van der Waals surface area contributed by atoms with Crippen molar-refractivity contribution < 1.29 is 13.3 Å². The molecule has 0 atom stereocenters. The summed E-state index contributed by atoms with van der Waals surface area (Å²) in [6, 6.07) is 2.93. The molecule has 3 nitrogen and oxygen atoms in total. The molecular weight excluding hydrogens is 214 g/mol. The van der Waals surface area contributed by atoms with Crippen molar-refractivity contribution in [2.75, 3.05) is 0 Å². The minimum Gasteiger partial charge on any atom is -0.321 e. The van der Waals surface area contributed by atoms with E-state index in [4.69, 9.17) is 11.6 Å². The van der Waals surface area contributed by atoms with E-state index >= 15 is 0 Å². The van der Waals surface area contributed by atoms with Crippen molar-refractivity contribution in [1.29, 1.82) is 0 Å². The number of benzene rings is 1. The van der Waals surface area contributed by atoms with Crippen LogP contribution in [0.2, 0.25) is 5.35 Å². The van der Waals surface area contributed by atoms with E-state index in [1.165, 1.54) is 0 Å². The summed E-state index contributed by atoms with van der Waals surface area (Å²) in [5, 5.41) is 3.24. The monoisotopic (exact) mass is 216 g/mol. The molecule has 0 N–H and O–H groups in total. The highest BCUT2D eigenvalue weighted by Crippen LogP contribution is 2.19. The Hall–Kier alpha value is -1.49. The predicted octanol–water partition coefficient (Wildman–Crippen LogP) is 2.67. The van der Waals surface area contributed by atoms with E-state index in [0.29, 0.717) is 0 Å². The Morgan fingerprint density at radius 1 is 1.14 bits per heavy atom. The fraction of sp³-hybridized carbons (Fsp3) is 0. The van der Waals surface area contributed by atoms with Crippen LogP contribution in [0.3, 0.4) is 0 Å². The Bertz CT molecular complexity index is 452. The van der Waals surface area contributed by atoms with Gasteiger partial charge in [0, 0.05) is 11.6 Å². The van der Waals surface area contributed by atoms with Gasteiger partial charge in [0.05, 0.1) is 0 Å². The maximum absolute atomic E-state index is 12.8. The van der Waals surface area contributed by atoms with E-state index in [9.17, 15) is 8.78 Å². The van der Waals surface area contributed by atoms with Crippen molar-refractivity contribution in [1.82, 2.24) is 10.1 Å². The molecule has 0 saturated heterocycles. The van der Waals surface area contributed by atoms with Gasteiger partial charge in [0.1, 0.15) is 11.6 Å². The molecule has 0 radical (unpaired) electrons. The van der Waals surface area contributed by atoms with Gasteiger partial charge in [0.2, 0.25) is 5.82 Å². The van der Waals surface area contributed by atoms with Crippen molar-refractivity contribution in [3.05, 3.63) is 35.2 Å². The lowest BCUT2D eigenvalue weighted by Gasteiger charge is -1.94. The van der Waals surface area contributed by atoms with Crippen LogP contribution < -0.4 is 0 Å². The molecule has 1 heterocycles. The van der Waals surface area contributed by atoms with Gasteiger partial charge < -0.3 is 4.52 Å². The van der Waals surface area contributed by atoms with Crippen molar-refractivity contribution in [3.63, 3.8) is 0 Å². The zero-order chi connectivity index (χ0) is 10.1. The molecule has 1 aromatic carbocycles. The van der Waals surface area contributed by atoms with E-state index in [1.807, 2.05) is 0 Å². The number of hydrogen-bond donors (Lipinski definition) is 0. The number of nitrogens with zero attached hydrogens (tertiary/aromatic N) is 2. The first-order valence-electron chi connectivity index (χ1n) is 3.61. The first-order valence-corrected chi connectivity index (χ1v) is 3.98. The molecule has 0 spiro atoms. The first-order chi connectivity index (χ1) is 6.65. The van der Waals surface area contributed by atoms with Gasteiger partial charge in [0.15, 0.2) is 0 Å². The summed E-state index contributed by atoms with van der Waals surface area (Å²) in [5.74, 6) is -1.37. The third kappa shape index (κ3) is 1.72. The van der Waals surface area contributed by atoms with Crippen molar-refractivity contribution in [2.24, 2.45) is 0 Å². The molecule has 0 fully saturated rings. The Balaban J connectivity index is 2.51. The van der Waals surface area contributed by atoms with Gasteiger partial charge in [0.25, 0.3) is 0 Å². The Morgan fingerprint density at radius 2 is 1.79 bits per heavy atom. The second-order valence-corrected chi connectivity index (χ2v) is 2.85. The molecule has 0 aliphatic heterocycles. The average Bonchev–Trinajstić information content (AvgIpc) is 2.50. The molecule has 0 aliphatic carbocycles. The molecule has 0 amide bonds. The summed E-state index contributed by atoms with van der Waals surface area (Å²) < 4.78 is 30.0. The highest BCUT2D eigenvalue weighted by Gasteiger charge is 2.09. The van der Waals surface area contributed by atoms with Crippen LogP contribution in [-0.4, -0.2) is 10.1 Å². The van der Waals surface area contributed by atoms with E-state index in [-0.39, 0.29) is 16.7 Å². The summed E-state index contributed by atoms with van der Waals surface area (Å²) in [6.07, 6.45) is 0. The van der Waals surface area contributed by atoms with Gasteiger partial charge in [-0.05, 0) is 23.7 Å². The van der Waals surface area contributed by atoms with Gasteiger partial charge >= 0.3 is 5.35 Å². The minimum absolute atomic E-state index is 0.0494. The third-order valence-corrected chi connectivity index (χ3v) is 1.68. The zero-order valence-corrected chi connectivity index (χ0v) is 7.42. The number of rotatable bonds is 1. The van der Waals surface area contributed by atoms with Gasteiger partial charge in [-0.15, -0.1) is 0 Å². The van der Waals surface area contributed by atoms with Crippen LogP contribution in [-0.2, 0) is 0 Å². The summed E-state index contributed by atoms with van der Waals surface area (Å²) >= 11 is 5.36. The molecule has 0 aliphatic rings. The maximum Gasteiger partial charge on any atom is 0.320 e. The molecule has 0 unspecified atom stereocenters. The third-order valence-electron chi connectivity index (χ3n) is 1.52. The lowest BCUT2D eigenvalue weighted by molar-refractivity contribution is 0.420. The fourth-order valence-electron chi connectivity index (χ4n) is 1.01. The van der Waals surface area contributed by atoms with E-state index in [1.54, 1.807) is 0 Å². The molecule has 0 bridgehead atoms. The largest absolute Gasteiger partial charge is 0.321 e. The topological polar surface area (TPSA) is 38.9 Å². The van der Waals surface area contributed by atoms with Crippen molar-refractivity contribution in [3.8, 4) is 11.4 Å². The molecule has 6 heteroatoms. The van der Waals surface area contributed by atoms with Crippen LogP contribution >= 0.6 is 11.6 Å². The lowest BCUT2D eigenvalue weighted by Crippen LogP contribution is -1.85. The van der Waals surface area contributed by atoms with Gasteiger partial charge in [-0.25, -0.2) is 8.78 Å². The van der Waals surface area contributed by atoms with E-state index in [2.05, 4.69) is 14.7 Å². The Morgan fingerprint density at radius 3 is 2.29 bits per heavy atom. The molecule has 14 heavy (non-hydrogen) atoms. The van der Waals surface area contributed by atoms with E-state index in [0.717, 1.165) is 18.2 Å². The summed E-state index contributed by atoms with van der Waals surface area (Å²) in [6.45, 7) is 0. The van der Waals surface area contributed by atoms with E-state index < -0.39 is 11.6 Å². The molecule has 0 saturated carbocycles.